The Morgan fingerprint density at radius 1 is 1.30 bits per heavy atom. The van der Waals surface area contributed by atoms with Crippen LogP contribution in [-0.4, -0.2) is 53.3 Å². The lowest BCUT2D eigenvalue weighted by molar-refractivity contribution is 0.0581. The summed E-state index contributed by atoms with van der Waals surface area (Å²) in [5, 5.41) is 11.2. The van der Waals surface area contributed by atoms with Gasteiger partial charge in [-0.25, -0.2) is 0 Å². The van der Waals surface area contributed by atoms with E-state index in [0.717, 1.165) is 18.4 Å². The molecule has 1 saturated heterocycles. The highest BCUT2D eigenvalue weighted by molar-refractivity contribution is 5.99. The van der Waals surface area contributed by atoms with Crippen LogP contribution in [0.5, 0.6) is 0 Å². The lowest BCUT2D eigenvalue weighted by Gasteiger charge is -2.25. The Bertz CT molecular complexity index is 752. The lowest BCUT2D eigenvalue weighted by Crippen LogP contribution is -2.44. The van der Waals surface area contributed by atoms with Crippen LogP contribution in [-0.2, 0) is 17.6 Å². The number of carbonyl (C=O) groups is 1. The van der Waals surface area contributed by atoms with Crippen molar-refractivity contribution >= 4 is 16.8 Å². The van der Waals surface area contributed by atoms with Crippen LogP contribution in [0.2, 0.25) is 0 Å². The van der Waals surface area contributed by atoms with Gasteiger partial charge < -0.3 is 19.7 Å². The number of aliphatic hydroxyl groups is 1. The number of rotatable bonds is 2. The van der Waals surface area contributed by atoms with E-state index in [0.29, 0.717) is 18.8 Å². The molecule has 5 heteroatoms. The van der Waals surface area contributed by atoms with Crippen molar-refractivity contribution in [1.82, 2.24) is 9.88 Å². The molecule has 1 aliphatic heterocycles. The number of aliphatic hydroxyl groups excluding tert-OH is 1. The van der Waals surface area contributed by atoms with E-state index in [1.54, 1.807) is 11.9 Å². The number of carbonyl (C=O) groups excluding carboxylic acids is 1. The van der Waals surface area contributed by atoms with E-state index >= 15 is 0 Å². The van der Waals surface area contributed by atoms with Crippen molar-refractivity contribution in [1.29, 1.82) is 0 Å². The maximum atomic E-state index is 12.7. The van der Waals surface area contributed by atoms with Crippen LogP contribution in [0.25, 0.3) is 10.9 Å². The van der Waals surface area contributed by atoms with Crippen molar-refractivity contribution in [3.05, 3.63) is 35.0 Å². The molecule has 0 saturated carbocycles. The zero-order valence-corrected chi connectivity index (χ0v) is 13.3. The molecule has 1 aromatic heterocycles. The molecular formula is C18H22N2O3. The second kappa shape index (κ2) is 5.65. The predicted molar refractivity (Wildman–Crippen MR) is 87.6 cm³/mol. The van der Waals surface area contributed by atoms with Crippen molar-refractivity contribution in [3.63, 3.8) is 0 Å². The second-order valence-corrected chi connectivity index (χ2v) is 6.64. The topological polar surface area (TPSA) is 65.6 Å². The highest BCUT2D eigenvalue weighted by Gasteiger charge is 2.32. The number of likely N-dealkylation sites (N-methyl/N-ethyl adjacent to an activating group) is 1. The smallest absolute Gasteiger partial charge is 0.254 e. The highest BCUT2D eigenvalue weighted by Crippen LogP contribution is 2.30. The zero-order valence-electron chi connectivity index (χ0n) is 13.3. The number of aromatic amines is 1. The minimum atomic E-state index is -0.606. The number of hydrogen-bond donors (Lipinski definition) is 2. The predicted octanol–water partition coefficient (Wildman–Crippen LogP) is 1.88. The van der Waals surface area contributed by atoms with Crippen molar-refractivity contribution in [2.75, 3.05) is 20.3 Å². The molecule has 2 aromatic rings. The second-order valence-electron chi connectivity index (χ2n) is 6.64. The van der Waals surface area contributed by atoms with Gasteiger partial charge in [0.15, 0.2) is 0 Å². The summed E-state index contributed by atoms with van der Waals surface area (Å²) in [5.74, 6) is -0.0750. The maximum absolute atomic E-state index is 12.7. The van der Waals surface area contributed by atoms with Crippen LogP contribution in [0.15, 0.2) is 18.2 Å². The summed E-state index contributed by atoms with van der Waals surface area (Å²) in [7, 11) is 1.73. The average Bonchev–Trinajstić information content (AvgIpc) is 3.16. The number of aromatic nitrogens is 1. The van der Waals surface area contributed by atoms with Crippen molar-refractivity contribution in [2.45, 2.75) is 37.8 Å². The number of amides is 1. The molecule has 122 valence electrons. The molecule has 0 bridgehead atoms. The number of hydrogen-bond acceptors (Lipinski definition) is 3. The molecule has 23 heavy (non-hydrogen) atoms. The molecule has 0 unspecified atom stereocenters. The Balaban J connectivity index is 1.65. The van der Waals surface area contributed by atoms with Gasteiger partial charge in [0.05, 0.1) is 25.4 Å². The monoisotopic (exact) mass is 314 g/mol. The van der Waals surface area contributed by atoms with Crippen LogP contribution in [0.1, 0.15) is 34.5 Å². The fourth-order valence-electron chi connectivity index (χ4n) is 3.80. The first-order valence-electron chi connectivity index (χ1n) is 8.31. The Hall–Kier alpha value is -1.85. The third-order valence-electron chi connectivity index (χ3n) is 5.18. The zero-order chi connectivity index (χ0) is 16.0. The third-order valence-corrected chi connectivity index (χ3v) is 5.18. The van der Waals surface area contributed by atoms with E-state index in [1.807, 2.05) is 12.1 Å². The van der Waals surface area contributed by atoms with Crippen molar-refractivity contribution < 1.29 is 14.6 Å². The van der Waals surface area contributed by atoms with Gasteiger partial charge in [-0.15, -0.1) is 0 Å². The van der Waals surface area contributed by atoms with Gasteiger partial charge in [0, 0.05) is 29.2 Å². The molecule has 2 N–H and O–H groups in total. The summed E-state index contributed by atoms with van der Waals surface area (Å²) < 4.78 is 5.25. The lowest BCUT2D eigenvalue weighted by atomic mass is 9.95. The number of benzene rings is 1. The average molecular weight is 314 g/mol. The van der Waals surface area contributed by atoms with Crippen LogP contribution < -0.4 is 0 Å². The van der Waals surface area contributed by atoms with E-state index in [4.69, 9.17) is 4.74 Å². The van der Waals surface area contributed by atoms with Gasteiger partial charge in [0.25, 0.3) is 5.91 Å². The number of H-pyrrole nitrogens is 1. The first-order valence-corrected chi connectivity index (χ1v) is 8.31. The van der Waals surface area contributed by atoms with Gasteiger partial charge in [0.2, 0.25) is 0 Å². The fraction of sp³-hybridized carbons (Fsp3) is 0.500. The molecule has 2 atom stereocenters. The number of ether oxygens (including phenoxy) is 1. The van der Waals surface area contributed by atoms with Gasteiger partial charge >= 0.3 is 0 Å². The quantitative estimate of drug-likeness (QED) is 0.889. The molecule has 1 amide bonds. The van der Waals surface area contributed by atoms with Gasteiger partial charge in [-0.1, -0.05) is 6.07 Å². The fourth-order valence-corrected chi connectivity index (χ4v) is 3.80. The Morgan fingerprint density at radius 2 is 2.13 bits per heavy atom. The van der Waals surface area contributed by atoms with E-state index < -0.39 is 6.10 Å². The summed E-state index contributed by atoms with van der Waals surface area (Å²) in [5.41, 5.74) is 4.43. The normalized spacial score (nSPS) is 23.9. The number of nitrogens with zero attached hydrogens (tertiary/aromatic N) is 1. The molecular weight excluding hydrogens is 292 g/mol. The minimum Gasteiger partial charge on any atom is -0.388 e. The number of aryl methyl sites for hydroxylation is 2. The molecule has 0 spiro atoms. The summed E-state index contributed by atoms with van der Waals surface area (Å²) in [6.07, 6.45) is 4.08. The molecule has 1 aromatic carbocycles. The SMILES string of the molecule is CN(C(=O)c1ccc2c3c([nH]c2c1)CCCC3)[C@H]1COC[C@@H]1O. The van der Waals surface area contributed by atoms with E-state index in [1.165, 1.54) is 29.5 Å². The Labute approximate surface area is 135 Å². The van der Waals surface area contributed by atoms with E-state index in [2.05, 4.69) is 11.1 Å². The van der Waals surface area contributed by atoms with Gasteiger partial charge in [-0.05, 0) is 43.4 Å². The minimum absolute atomic E-state index is 0.0750. The summed E-state index contributed by atoms with van der Waals surface area (Å²) in [6.45, 7) is 0.688. The Morgan fingerprint density at radius 3 is 2.91 bits per heavy atom. The van der Waals surface area contributed by atoms with Crippen LogP contribution in [0.4, 0.5) is 0 Å². The van der Waals surface area contributed by atoms with Crippen LogP contribution in [0, 0.1) is 0 Å². The molecule has 1 fully saturated rings. The van der Waals surface area contributed by atoms with Crippen molar-refractivity contribution in [3.8, 4) is 0 Å². The van der Waals surface area contributed by atoms with E-state index in [9.17, 15) is 9.90 Å². The van der Waals surface area contributed by atoms with Crippen LogP contribution >= 0.6 is 0 Å². The van der Waals surface area contributed by atoms with Crippen molar-refractivity contribution in [2.24, 2.45) is 0 Å². The van der Waals surface area contributed by atoms with Crippen LogP contribution in [0.3, 0.4) is 0 Å². The molecule has 1 aliphatic carbocycles. The largest absolute Gasteiger partial charge is 0.388 e. The third kappa shape index (κ3) is 2.44. The highest BCUT2D eigenvalue weighted by atomic mass is 16.5. The van der Waals surface area contributed by atoms with Gasteiger partial charge in [-0.3, -0.25) is 4.79 Å². The van der Waals surface area contributed by atoms with Gasteiger partial charge in [-0.2, -0.15) is 0 Å². The molecule has 2 heterocycles. The summed E-state index contributed by atoms with van der Waals surface area (Å²) in [6, 6.07) is 5.62. The molecule has 5 nitrogen and oxygen atoms in total. The number of nitrogens with one attached hydrogen (secondary N) is 1. The van der Waals surface area contributed by atoms with E-state index in [-0.39, 0.29) is 11.9 Å². The van der Waals surface area contributed by atoms with Gasteiger partial charge in [0.1, 0.15) is 0 Å². The molecule has 2 aliphatic rings. The standard InChI is InChI=1S/C18H22N2O3/c1-20(16-9-23-10-17(16)21)18(22)11-6-7-13-12-4-2-3-5-14(12)19-15(13)8-11/h6-8,16-17,19,21H,2-5,9-10H2,1H3/t16-,17-/m0/s1. The summed E-state index contributed by atoms with van der Waals surface area (Å²) >= 11 is 0. The maximum Gasteiger partial charge on any atom is 0.254 e. The summed E-state index contributed by atoms with van der Waals surface area (Å²) in [4.78, 5) is 17.8. The molecule has 4 rings (SSSR count). The first kappa shape index (κ1) is 14.7. The number of fused-ring (bicyclic) bond motifs is 3. The molecule has 0 radical (unpaired) electrons. The first-order chi connectivity index (χ1) is 11.1. The Kier molecular flexibility index (Phi) is 3.62.